The Morgan fingerprint density at radius 2 is 2.35 bits per heavy atom. The van der Waals surface area contributed by atoms with E-state index in [1.807, 2.05) is 0 Å². The fourth-order valence-corrected chi connectivity index (χ4v) is 1.88. The van der Waals surface area contributed by atoms with E-state index in [9.17, 15) is 4.79 Å². The predicted molar refractivity (Wildman–Crippen MR) is 66.3 cm³/mol. The lowest BCUT2D eigenvalue weighted by Gasteiger charge is -2.04. The molecule has 0 aliphatic rings. The number of carbonyl (C=O) groups excluding carboxylic acids is 1. The summed E-state index contributed by atoms with van der Waals surface area (Å²) in [6.45, 7) is 1.99. The first-order valence-corrected chi connectivity index (χ1v) is 5.93. The zero-order chi connectivity index (χ0) is 12.4. The molecule has 0 fully saturated rings. The summed E-state index contributed by atoms with van der Waals surface area (Å²) < 4.78 is 6.98. The molecule has 1 N–H and O–H groups in total. The lowest BCUT2D eigenvalue weighted by Crippen LogP contribution is -2.15. The SMILES string of the molecule is CCOC(=O)Nc1nnc2c(Br)ccc(Cl)n12. The molecule has 0 saturated heterocycles. The van der Waals surface area contributed by atoms with E-state index in [2.05, 4.69) is 31.4 Å². The van der Waals surface area contributed by atoms with Gasteiger partial charge in [0, 0.05) is 0 Å². The summed E-state index contributed by atoms with van der Waals surface area (Å²) in [5, 5.41) is 10.6. The summed E-state index contributed by atoms with van der Waals surface area (Å²) >= 11 is 9.32. The number of carbonyl (C=O) groups is 1. The van der Waals surface area contributed by atoms with Crippen molar-refractivity contribution in [3.63, 3.8) is 0 Å². The maximum atomic E-state index is 11.3. The second kappa shape index (κ2) is 4.89. The number of rotatable bonds is 2. The molecular weight excluding hydrogens is 311 g/mol. The number of aromatic nitrogens is 3. The van der Waals surface area contributed by atoms with Gasteiger partial charge in [0.15, 0.2) is 5.65 Å². The van der Waals surface area contributed by atoms with E-state index in [1.54, 1.807) is 19.1 Å². The van der Waals surface area contributed by atoms with Crippen molar-refractivity contribution in [1.29, 1.82) is 0 Å². The highest BCUT2D eigenvalue weighted by Gasteiger charge is 2.13. The van der Waals surface area contributed by atoms with Gasteiger partial charge < -0.3 is 4.74 Å². The van der Waals surface area contributed by atoms with Gasteiger partial charge in [-0.05, 0) is 35.0 Å². The number of hydrogen-bond acceptors (Lipinski definition) is 4. The van der Waals surface area contributed by atoms with Crippen molar-refractivity contribution >= 4 is 45.2 Å². The molecule has 6 nitrogen and oxygen atoms in total. The Balaban J connectivity index is 2.42. The highest BCUT2D eigenvalue weighted by Crippen LogP contribution is 2.23. The van der Waals surface area contributed by atoms with Crippen molar-refractivity contribution in [1.82, 2.24) is 14.6 Å². The third-order valence-electron chi connectivity index (χ3n) is 1.95. The Morgan fingerprint density at radius 3 is 3.06 bits per heavy atom. The monoisotopic (exact) mass is 318 g/mol. The van der Waals surface area contributed by atoms with Crippen LogP contribution in [0.3, 0.4) is 0 Å². The van der Waals surface area contributed by atoms with Crippen LogP contribution in [0, 0.1) is 0 Å². The average molecular weight is 320 g/mol. The van der Waals surface area contributed by atoms with E-state index >= 15 is 0 Å². The summed E-state index contributed by atoms with van der Waals surface area (Å²) in [5.41, 5.74) is 0.518. The Hall–Kier alpha value is -1.34. The quantitative estimate of drug-likeness (QED) is 0.864. The van der Waals surface area contributed by atoms with E-state index < -0.39 is 6.09 Å². The summed E-state index contributed by atoms with van der Waals surface area (Å²) in [6.07, 6.45) is -0.599. The number of nitrogens with one attached hydrogen (secondary N) is 1. The van der Waals surface area contributed by atoms with Crippen LogP contribution in [0.1, 0.15) is 6.92 Å². The van der Waals surface area contributed by atoms with Gasteiger partial charge in [0.1, 0.15) is 5.15 Å². The van der Waals surface area contributed by atoms with E-state index in [1.165, 1.54) is 4.40 Å². The van der Waals surface area contributed by atoms with Crippen LogP contribution in [-0.2, 0) is 4.74 Å². The van der Waals surface area contributed by atoms with Crippen LogP contribution in [-0.4, -0.2) is 27.3 Å². The molecule has 8 heteroatoms. The normalized spacial score (nSPS) is 10.5. The van der Waals surface area contributed by atoms with Crippen LogP contribution in [0.5, 0.6) is 0 Å². The third-order valence-corrected chi connectivity index (χ3v) is 2.86. The van der Waals surface area contributed by atoms with Gasteiger partial charge in [0.05, 0.1) is 11.1 Å². The third kappa shape index (κ3) is 2.34. The van der Waals surface area contributed by atoms with Crippen LogP contribution in [0.4, 0.5) is 10.7 Å². The van der Waals surface area contributed by atoms with Crippen LogP contribution < -0.4 is 5.32 Å². The predicted octanol–water partition coefficient (Wildman–Crippen LogP) is 2.71. The standard InChI is InChI=1S/C9H8BrClN4O2/c1-2-17-9(16)12-8-14-13-7-5(10)3-4-6(11)15(7)8/h3-4H,2H2,1H3,(H,12,14,16). The summed E-state index contributed by atoms with van der Waals surface area (Å²) in [4.78, 5) is 11.3. The molecule has 2 aromatic rings. The fourth-order valence-electron chi connectivity index (χ4n) is 1.27. The summed E-state index contributed by atoms with van der Waals surface area (Å²) in [7, 11) is 0. The summed E-state index contributed by atoms with van der Waals surface area (Å²) in [6, 6.07) is 3.42. The number of pyridine rings is 1. The Labute approximate surface area is 110 Å². The highest BCUT2D eigenvalue weighted by molar-refractivity contribution is 9.10. The molecule has 0 radical (unpaired) electrons. The highest BCUT2D eigenvalue weighted by atomic mass is 79.9. The molecule has 0 aliphatic carbocycles. The minimum Gasteiger partial charge on any atom is -0.450 e. The molecule has 2 heterocycles. The number of nitrogens with zero attached hydrogens (tertiary/aromatic N) is 3. The maximum absolute atomic E-state index is 11.3. The lowest BCUT2D eigenvalue weighted by atomic mass is 10.5. The van der Waals surface area contributed by atoms with Gasteiger partial charge in [-0.3, -0.25) is 5.32 Å². The van der Waals surface area contributed by atoms with Crippen molar-refractivity contribution in [3.8, 4) is 0 Å². The molecule has 0 atom stereocenters. The smallest absolute Gasteiger partial charge is 0.414 e. The van der Waals surface area contributed by atoms with Crippen LogP contribution in [0.2, 0.25) is 5.15 Å². The molecule has 0 aliphatic heterocycles. The fraction of sp³-hybridized carbons (Fsp3) is 0.222. The average Bonchev–Trinajstić information content (AvgIpc) is 2.69. The van der Waals surface area contributed by atoms with Crippen molar-refractivity contribution in [3.05, 3.63) is 21.8 Å². The van der Waals surface area contributed by atoms with Gasteiger partial charge in [-0.2, -0.15) is 0 Å². The van der Waals surface area contributed by atoms with E-state index in [4.69, 9.17) is 16.3 Å². The van der Waals surface area contributed by atoms with E-state index in [-0.39, 0.29) is 12.6 Å². The molecule has 2 aromatic heterocycles. The second-order valence-electron chi connectivity index (χ2n) is 3.03. The van der Waals surface area contributed by atoms with Gasteiger partial charge >= 0.3 is 6.09 Å². The van der Waals surface area contributed by atoms with Crippen molar-refractivity contribution < 1.29 is 9.53 Å². The number of amides is 1. The van der Waals surface area contributed by atoms with Crippen molar-refractivity contribution in [2.45, 2.75) is 6.92 Å². The van der Waals surface area contributed by atoms with Crippen LogP contribution >= 0.6 is 27.5 Å². The first-order valence-electron chi connectivity index (χ1n) is 4.76. The van der Waals surface area contributed by atoms with Crippen molar-refractivity contribution in [2.24, 2.45) is 0 Å². The Morgan fingerprint density at radius 1 is 1.59 bits per heavy atom. The van der Waals surface area contributed by atoms with Gasteiger partial charge in [0.25, 0.3) is 0 Å². The first kappa shape index (κ1) is 12.1. The molecule has 2 rings (SSSR count). The molecule has 90 valence electrons. The molecule has 0 bridgehead atoms. The number of anilines is 1. The summed E-state index contributed by atoms with van der Waals surface area (Å²) in [5.74, 6) is 0.213. The molecule has 0 unspecified atom stereocenters. The first-order chi connectivity index (χ1) is 8.13. The molecular formula is C9H8BrClN4O2. The second-order valence-corrected chi connectivity index (χ2v) is 4.27. The molecule has 0 saturated carbocycles. The van der Waals surface area contributed by atoms with E-state index in [0.717, 1.165) is 4.47 Å². The zero-order valence-electron chi connectivity index (χ0n) is 8.78. The van der Waals surface area contributed by atoms with Crippen LogP contribution in [0.25, 0.3) is 5.65 Å². The minimum atomic E-state index is -0.599. The molecule has 17 heavy (non-hydrogen) atoms. The Kier molecular flexibility index (Phi) is 3.49. The van der Waals surface area contributed by atoms with Crippen LogP contribution in [0.15, 0.2) is 16.6 Å². The largest absolute Gasteiger partial charge is 0.450 e. The van der Waals surface area contributed by atoms with Gasteiger partial charge in [0.2, 0.25) is 5.95 Å². The molecule has 0 spiro atoms. The topological polar surface area (TPSA) is 68.5 Å². The zero-order valence-corrected chi connectivity index (χ0v) is 11.1. The van der Waals surface area contributed by atoms with Gasteiger partial charge in [-0.15, -0.1) is 10.2 Å². The Bertz CT molecular complexity index is 571. The number of halogens is 2. The van der Waals surface area contributed by atoms with Gasteiger partial charge in [-0.25, -0.2) is 9.20 Å². The molecule has 1 amide bonds. The minimum absolute atomic E-state index is 0.213. The van der Waals surface area contributed by atoms with Crippen molar-refractivity contribution in [2.75, 3.05) is 11.9 Å². The lowest BCUT2D eigenvalue weighted by molar-refractivity contribution is 0.167. The maximum Gasteiger partial charge on any atom is 0.414 e. The van der Waals surface area contributed by atoms with E-state index in [0.29, 0.717) is 10.8 Å². The number of fused-ring (bicyclic) bond motifs is 1. The van der Waals surface area contributed by atoms with Gasteiger partial charge in [-0.1, -0.05) is 11.6 Å². The number of hydrogen-bond donors (Lipinski definition) is 1. The number of ether oxygens (including phenoxy) is 1. The molecule has 0 aromatic carbocycles.